The Labute approximate surface area is 85.7 Å². The number of rotatable bonds is 4. The van der Waals surface area contributed by atoms with Gasteiger partial charge in [-0.25, -0.2) is 0 Å². The summed E-state index contributed by atoms with van der Waals surface area (Å²) < 4.78 is 4.79. The van der Waals surface area contributed by atoms with E-state index in [0.717, 1.165) is 17.3 Å². The summed E-state index contributed by atoms with van der Waals surface area (Å²) in [4.78, 5) is 0. The Morgan fingerprint density at radius 1 is 1.31 bits per heavy atom. The minimum atomic E-state index is -1.75. The zero-order valence-corrected chi connectivity index (χ0v) is 8.57. The molecule has 0 aliphatic heterocycles. The number of benzene rings is 1. The molecule has 0 amide bonds. The molecule has 70 valence electrons. The van der Waals surface area contributed by atoms with Gasteiger partial charge in [-0.3, -0.25) is 0 Å². The van der Waals surface area contributed by atoms with Crippen LogP contribution in [-0.2, 0) is 6.42 Å². The van der Waals surface area contributed by atoms with Crippen LogP contribution in [0.4, 0.5) is 0 Å². The standard InChI is InChI=1S/C8H10BBrO3/c10-6-5-7-3-1-2-4-8(7)13-9(11)12/h1-4,11-12H,5-6H2. The summed E-state index contributed by atoms with van der Waals surface area (Å²) in [5, 5.41) is 18.1. The molecule has 0 bridgehead atoms. The fourth-order valence-corrected chi connectivity index (χ4v) is 1.47. The number of hydrogen-bond donors (Lipinski definition) is 2. The van der Waals surface area contributed by atoms with E-state index < -0.39 is 7.32 Å². The Kier molecular flexibility index (Phi) is 4.28. The Balaban J connectivity index is 2.78. The lowest BCUT2D eigenvalue weighted by Gasteiger charge is -2.09. The molecule has 13 heavy (non-hydrogen) atoms. The molecule has 0 saturated heterocycles. The second kappa shape index (κ2) is 5.27. The third kappa shape index (κ3) is 3.38. The normalized spacial score (nSPS) is 9.77. The van der Waals surface area contributed by atoms with Gasteiger partial charge in [0.25, 0.3) is 0 Å². The number of aryl methyl sites for hydroxylation is 1. The average molecular weight is 245 g/mol. The van der Waals surface area contributed by atoms with Crippen molar-refractivity contribution in [3.8, 4) is 5.75 Å². The molecule has 2 N–H and O–H groups in total. The number of alkyl halides is 1. The van der Waals surface area contributed by atoms with Gasteiger partial charge in [-0.05, 0) is 18.1 Å². The summed E-state index contributed by atoms with van der Waals surface area (Å²) in [5.74, 6) is 0.511. The highest BCUT2D eigenvalue weighted by molar-refractivity contribution is 9.09. The zero-order chi connectivity index (χ0) is 9.68. The molecule has 0 spiro atoms. The van der Waals surface area contributed by atoms with Crippen LogP contribution in [0.1, 0.15) is 5.56 Å². The van der Waals surface area contributed by atoms with Crippen molar-refractivity contribution in [2.24, 2.45) is 0 Å². The summed E-state index contributed by atoms with van der Waals surface area (Å²) in [7, 11) is -1.75. The highest BCUT2D eigenvalue weighted by Gasteiger charge is 2.13. The quantitative estimate of drug-likeness (QED) is 0.613. The first-order chi connectivity index (χ1) is 6.24. The molecule has 0 aliphatic rings. The van der Waals surface area contributed by atoms with E-state index in [1.165, 1.54) is 0 Å². The molecule has 0 saturated carbocycles. The van der Waals surface area contributed by atoms with Crippen molar-refractivity contribution in [3.05, 3.63) is 29.8 Å². The van der Waals surface area contributed by atoms with Gasteiger partial charge in [0.05, 0.1) is 0 Å². The van der Waals surface area contributed by atoms with E-state index in [4.69, 9.17) is 14.7 Å². The zero-order valence-electron chi connectivity index (χ0n) is 6.98. The van der Waals surface area contributed by atoms with E-state index in [9.17, 15) is 0 Å². The van der Waals surface area contributed by atoms with Crippen molar-refractivity contribution in [3.63, 3.8) is 0 Å². The molecular formula is C8H10BBrO3. The van der Waals surface area contributed by atoms with Crippen LogP contribution in [0.25, 0.3) is 0 Å². The molecule has 0 unspecified atom stereocenters. The van der Waals surface area contributed by atoms with Crippen molar-refractivity contribution in [2.45, 2.75) is 6.42 Å². The summed E-state index contributed by atoms with van der Waals surface area (Å²) in [6, 6.07) is 7.26. The second-order valence-corrected chi connectivity index (χ2v) is 3.28. The monoisotopic (exact) mass is 244 g/mol. The SMILES string of the molecule is OB(O)Oc1ccccc1CCBr. The Morgan fingerprint density at radius 3 is 2.62 bits per heavy atom. The molecule has 1 aromatic carbocycles. The maximum Gasteiger partial charge on any atom is 0.707 e. The molecule has 0 aromatic heterocycles. The fourth-order valence-electron chi connectivity index (χ4n) is 1.04. The molecule has 0 fully saturated rings. The van der Waals surface area contributed by atoms with E-state index in [2.05, 4.69) is 15.9 Å². The van der Waals surface area contributed by atoms with Crippen LogP contribution < -0.4 is 4.65 Å². The molecular weight excluding hydrogens is 235 g/mol. The third-order valence-corrected chi connectivity index (χ3v) is 1.97. The highest BCUT2D eigenvalue weighted by atomic mass is 79.9. The van der Waals surface area contributed by atoms with Crippen LogP contribution in [-0.4, -0.2) is 22.7 Å². The van der Waals surface area contributed by atoms with Gasteiger partial charge >= 0.3 is 7.32 Å². The van der Waals surface area contributed by atoms with E-state index in [1.54, 1.807) is 12.1 Å². The van der Waals surface area contributed by atoms with Crippen molar-refractivity contribution >= 4 is 23.3 Å². The fraction of sp³-hybridized carbons (Fsp3) is 0.250. The number of halogens is 1. The Morgan fingerprint density at radius 2 is 2.00 bits per heavy atom. The molecule has 3 nitrogen and oxygen atoms in total. The van der Waals surface area contributed by atoms with Gasteiger partial charge in [0.2, 0.25) is 0 Å². The van der Waals surface area contributed by atoms with Crippen LogP contribution in [0.5, 0.6) is 5.75 Å². The smallest absolute Gasteiger partial charge is 0.512 e. The van der Waals surface area contributed by atoms with Gasteiger partial charge < -0.3 is 14.7 Å². The molecule has 5 heteroatoms. The van der Waals surface area contributed by atoms with E-state index in [-0.39, 0.29) is 0 Å². The van der Waals surface area contributed by atoms with Crippen LogP contribution >= 0.6 is 15.9 Å². The largest absolute Gasteiger partial charge is 0.707 e. The Hall–Kier alpha value is -0.515. The lowest BCUT2D eigenvalue weighted by atomic mass is 10.1. The molecule has 0 heterocycles. The highest BCUT2D eigenvalue weighted by Crippen LogP contribution is 2.19. The minimum absolute atomic E-state index is 0.511. The second-order valence-electron chi connectivity index (χ2n) is 2.49. The van der Waals surface area contributed by atoms with Crippen molar-refractivity contribution in [2.75, 3.05) is 5.33 Å². The van der Waals surface area contributed by atoms with E-state index in [0.29, 0.717) is 5.75 Å². The molecule has 0 atom stereocenters. The van der Waals surface area contributed by atoms with Gasteiger partial charge in [0.15, 0.2) is 0 Å². The lowest BCUT2D eigenvalue weighted by Crippen LogP contribution is -2.21. The molecule has 1 aromatic rings. The first-order valence-electron chi connectivity index (χ1n) is 3.90. The van der Waals surface area contributed by atoms with Gasteiger partial charge in [-0.1, -0.05) is 34.1 Å². The molecule has 0 aliphatic carbocycles. The summed E-state index contributed by atoms with van der Waals surface area (Å²) in [5.41, 5.74) is 0.951. The van der Waals surface area contributed by atoms with Crippen molar-refractivity contribution < 1.29 is 14.7 Å². The maximum absolute atomic E-state index is 8.62. The summed E-state index contributed by atoms with van der Waals surface area (Å²) in [6.07, 6.45) is 0.795. The maximum atomic E-state index is 8.62. The van der Waals surface area contributed by atoms with Crippen LogP contribution in [0.3, 0.4) is 0 Å². The first-order valence-corrected chi connectivity index (χ1v) is 5.03. The lowest BCUT2D eigenvalue weighted by molar-refractivity contribution is 0.287. The minimum Gasteiger partial charge on any atom is -0.512 e. The third-order valence-electron chi connectivity index (χ3n) is 1.57. The van der Waals surface area contributed by atoms with Gasteiger partial charge in [0.1, 0.15) is 5.75 Å². The van der Waals surface area contributed by atoms with E-state index in [1.807, 2.05) is 12.1 Å². The van der Waals surface area contributed by atoms with Crippen molar-refractivity contribution in [1.82, 2.24) is 0 Å². The average Bonchev–Trinajstić information content (AvgIpc) is 2.08. The van der Waals surface area contributed by atoms with Crippen LogP contribution in [0, 0.1) is 0 Å². The van der Waals surface area contributed by atoms with Gasteiger partial charge in [-0.15, -0.1) is 0 Å². The summed E-state index contributed by atoms with van der Waals surface area (Å²) >= 11 is 3.31. The van der Waals surface area contributed by atoms with Crippen LogP contribution in [0.15, 0.2) is 24.3 Å². The first kappa shape index (κ1) is 10.6. The predicted molar refractivity (Wildman–Crippen MR) is 54.8 cm³/mol. The topological polar surface area (TPSA) is 49.7 Å². The molecule has 0 radical (unpaired) electrons. The predicted octanol–water partition coefficient (Wildman–Crippen LogP) is 0.972. The van der Waals surface area contributed by atoms with Crippen molar-refractivity contribution in [1.29, 1.82) is 0 Å². The van der Waals surface area contributed by atoms with Gasteiger partial charge in [-0.2, -0.15) is 0 Å². The number of para-hydroxylation sites is 1. The number of hydrogen-bond acceptors (Lipinski definition) is 3. The van der Waals surface area contributed by atoms with Crippen LogP contribution in [0.2, 0.25) is 0 Å². The Bertz CT molecular complexity index is 267. The molecule has 1 rings (SSSR count). The van der Waals surface area contributed by atoms with Gasteiger partial charge in [0, 0.05) is 5.33 Å². The van der Waals surface area contributed by atoms with E-state index >= 15 is 0 Å². The summed E-state index contributed by atoms with van der Waals surface area (Å²) in [6.45, 7) is 0.